The first kappa shape index (κ1) is 29.2. The third-order valence-electron chi connectivity index (χ3n) is 5.88. The molecule has 3 atom stereocenters. The monoisotopic (exact) mass is 519 g/mol. The molecule has 36 heavy (non-hydrogen) atoms. The van der Waals surface area contributed by atoms with Gasteiger partial charge in [0.25, 0.3) is 0 Å². The third-order valence-corrected chi connectivity index (χ3v) is 6.52. The van der Waals surface area contributed by atoms with Gasteiger partial charge in [-0.05, 0) is 40.3 Å². The van der Waals surface area contributed by atoms with Crippen LogP contribution >= 0.6 is 11.8 Å². The molecular weight excluding hydrogens is 482 g/mol. The Kier molecular flexibility index (Phi) is 12.9. The number of tetrazole rings is 1. The Labute approximate surface area is 216 Å². The van der Waals surface area contributed by atoms with E-state index in [9.17, 15) is 14.4 Å². The maximum absolute atomic E-state index is 13.0. The maximum atomic E-state index is 13.0. The topological polar surface area (TPSA) is 131 Å². The van der Waals surface area contributed by atoms with Gasteiger partial charge in [-0.1, -0.05) is 50.6 Å². The van der Waals surface area contributed by atoms with Crippen molar-refractivity contribution in [3.05, 3.63) is 42.2 Å². The van der Waals surface area contributed by atoms with Gasteiger partial charge in [-0.25, -0.2) is 9.48 Å². The van der Waals surface area contributed by atoms with Crippen LogP contribution in [0.4, 0.5) is 0 Å². The quantitative estimate of drug-likeness (QED) is 0.313. The molecule has 2 N–H and O–H groups in total. The zero-order valence-electron chi connectivity index (χ0n) is 21.4. The van der Waals surface area contributed by atoms with Crippen LogP contribution in [-0.4, -0.2) is 87.2 Å². The van der Waals surface area contributed by atoms with Gasteiger partial charge in [-0.15, -0.1) is 5.10 Å². The van der Waals surface area contributed by atoms with Crippen LogP contribution in [0.1, 0.15) is 32.3 Å². The smallest absolute Gasteiger partial charge is 0.328 e. The molecule has 2 aromatic rings. The second-order valence-corrected chi connectivity index (χ2v) is 9.63. The predicted octanol–water partition coefficient (Wildman–Crippen LogP) is 1.12. The molecule has 0 aliphatic heterocycles. The minimum Gasteiger partial charge on any atom is -0.467 e. The molecule has 0 saturated heterocycles. The van der Waals surface area contributed by atoms with Gasteiger partial charge in [0, 0.05) is 19.1 Å². The average Bonchev–Trinajstić information content (AvgIpc) is 3.38. The first-order valence-corrected chi connectivity index (χ1v) is 13.4. The number of esters is 1. The zero-order chi connectivity index (χ0) is 26.3. The molecule has 0 aliphatic rings. The van der Waals surface area contributed by atoms with E-state index in [0.717, 1.165) is 17.7 Å². The summed E-state index contributed by atoms with van der Waals surface area (Å²) in [5, 5.41) is 16.8. The van der Waals surface area contributed by atoms with Crippen molar-refractivity contribution in [3.63, 3.8) is 0 Å². The molecule has 0 radical (unpaired) electrons. The highest BCUT2D eigenvalue weighted by molar-refractivity contribution is 7.98. The molecule has 0 fully saturated rings. The molecule has 2 amide bonds. The molecule has 2 rings (SSSR count). The molecule has 11 nitrogen and oxygen atoms in total. The number of nitrogens with zero attached hydrogens (tertiary/aromatic N) is 5. The van der Waals surface area contributed by atoms with Crippen LogP contribution in [0, 0.1) is 5.92 Å². The molecule has 0 spiro atoms. The summed E-state index contributed by atoms with van der Waals surface area (Å²) in [6.07, 6.45) is 4.67. The van der Waals surface area contributed by atoms with E-state index < -0.39 is 12.0 Å². The van der Waals surface area contributed by atoms with Crippen LogP contribution in [-0.2, 0) is 32.2 Å². The Balaban J connectivity index is 2.14. The highest BCUT2D eigenvalue weighted by atomic mass is 32.2. The van der Waals surface area contributed by atoms with E-state index in [1.807, 2.05) is 41.5 Å². The van der Waals surface area contributed by atoms with Gasteiger partial charge in [-0.2, -0.15) is 11.8 Å². The highest BCUT2D eigenvalue weighted by Gasteiger charge is 2.26. The van der Waals surface area contributed by atoms with Crippen LogP contribution in [0.25, 0.3) is 0 Å². The number of thioether (sulfide) groups is 1. The van der Waals surface area contributed by atoms with Gasteiger partial charge in [0.2, 0.25) is 11.8 Å². The molecule has 1 aromatic heterocycles. The van der Waals surface area contributed by atoms with E-state index in [-0.39, 0.29) is 36.9 Å². The number of benzene rings is 1. The number of carbonyl (C=O) groups is 3. The summed E-state index contributed by atoms with van der Waals surface area (Å²) in [6.45, 7) is 5.17. The minimum atomic E-state index is -0.699. The first-order valence-electron chi connectivity index (χ1n) is 12.0. The SMILES string of the molecule is CC[C@H](C)[C@@H](CN(CC(=O)N[C@@H](CCSC)C(=O)OC)Cc1ccccc1)NC(=O)Cn1cnnn1. The molecule has 0 saturated carbocycles. The number of nitrogens with one attached hydrogen (secondary N) is 2. The molecular formula is C24H37N7O4S. The zero-order valence-corrected chi connectivity index (χ0v) is 22.2. The van der Waals surface area contributed by atoms with Crippen molar-refractivity contribution < 1.29 is 19.1 Å². The van der Waals surface area contributed by atoms with Gasteiger partial charge in [0.05, 0.1) is 13.7 Å². The number of hydrogen-bond donors (Lipinski definition) is 2. The number of aromatic nitrogens is 4. The van der Waals surface area contributed by atoms with Gasteiger partial charge in [0.15, 0.2) is 0 Å². The molecule has 198 valence electrons. The molecule has 1 heterocycles. The van der Waals surface area contributed by atoms with Crippen LogP contribution in [0.5, 0.6) is 0 Å². The number of rotatable bonds is 16. The number of hydrogen-bond acceptors (Lipinski definition) is 9. The molecule has 0 unspecified atom stereocenters. The number of methoxy groups -OCH3 is 1. The Morgan fingerprint density at radius 3 is 2.53 bits per heavy atom. The Morgan fingerprint density at radius 1 is 1.17 bits per heavy atom. The van der Waals surface area contributed by atoms with E-state index in [0.29, 0.717) is 19.5 Å². The predicted molar refractivity (Wildman–Crippen MR) is 138 cm³/mol. The lowest BCUT2D eigenvalue weighted by molar-refractivity contribution is -0.145. The largest absolute Gasteiger partial charge is 0.467 e. The lowest BCUT2D eigenvalue weighted by Gasteiger charge is -2.31. The first-order chi connectivity index (χ1) is 17.4. The van der Waals surface area contributed by atoms with E-state index in [1.54, 1.807) is 11.8 Å². The van der Waals surface area contributed by atoms with Gasteiger partial charge >= 0.3 is 5.97 Å². The van der Waals surface area contributed by atoms with Crippen molar-refractivity contribution in [2.24, 2.45) is 5.92 Å². The van der Waals surface area contributed by atoms with Gasteiger partial charge in [0.1, 0.15) is 18.9 Å². The Morgan fingerprint density at radius 2 is 1.92 bits per heavy atom. The Bertz CT molecular complexity index is 930. The summed E-state index contributed by atoms with van der Waals surface area (Å²) >= 11 is 1.60. The lowest BCUT2D eigenvalue weighted by atomic mass is 9.98. The molecule has 0 bridgehead atoms. The van der Waals surface area contributed by atoms with Crippen molar-refractivity contribution in [1.82, 2.24) is 35.7 Å². The van der Waals surface area contributed by atoms with Crippen LogP contribution < -0.4 is 10.6 Å². The van der Waals surface area contributed by atoms with Crippen LogP contribution in [0.2, 0.25) is 0 Å². The van der Waals surface area contributed by atoms with Crippen molar-refractivity contribution >= 4 is 29.5 Å². The summed E-state index contributed by atoms with van der Waals surface area (Å²) in [6, 6.07) is 8.92. The summed E-state index contributed by atoms with van der Waals surface area (Å²) < 4.78 is 6.23. The summed E-state index contributed by atoms with van der Waals surface area (Å²) in [7, 11) is 1.32. The van der Waals surface area contributed by atoms with E-state index in [4.69, 9.17) is 4.74 Å². The van der Waals surface area contributed by atoms with Crippen LogP contribution in [0.3, 0.4) is 0 Å². The minimum absolute atomic E-state index is 0.00928. The number of ether oxygens (including phenoxy) is 1. The van der Waals surface area contributed by atoms with Gasteiger partial charge < -0.3 is 15.4 Å². The third kappa shape index (κ3) is 10.3. The summed E-state index contributed by atoms with van der Waals surface area (Å²) in [4.78, 5) is 39.8. The fourth-order valence-corrected chi connectivity index (χ4v) is 4.15. The fraction of sp³-hybridized carbons (Fsp3) is 0.583. The Hall–Kier alpha value is -2.99. The normalized spacial score (nSPS) is 13.6. The second kappa shape index (κ2) is 15.9. The highest BCUT2D eigenvalue weighted by Crippen LogP contribution is 2.13. The second-order valence-electron chi connectivity index (χ2n) is 8.65. The summed E-state index contributed by atoms with van der Waals surface area (Å²) in [5.41, 5.74) is 1.04. The van der Waals surface area contributed by atoms with E-state index in [1.165, 1.54) is 18.1 Å². The fourth-order valence-electron chi connectivity index (χ4n) is 3.68. The van der Waals surface area contributed by atoms with Crippen molar-refractivity contribution in [2.75, 3.05) is 32.2 Å². The molecule has 0 aliphatic carbocycles. The average molecular weight is 520 g/mol. The standard InChI is InChI=1S/C24H37N7O4S/c1-5-18(2)21(27-23(33)16-31-17-25-28-29-31)14-30(13-19-9-7-6-8-10-19)15-22(32)26-20(11-12-36-4)24(34)35-3/h6-10,17-18,20-21H,5,11-16H2,1-4H3,(H,26,32)(H,27,33)/t18-,20-,21+/m0/s1. The maximum Gasteiger partial charge on any atom is 0.328 e. The van der Waals surface area contributed by atoms with E-state index in [2.05, 4.69) is 40.0 Å². The number of carbonyl (C=O) groups excluding carboxylic acids is 3. The van der Waals surface area contributed by atoms with Crippen molar-refractivity contribution in [3.8, 4) is 0 Å². The lowest BCUT2D eigenvalue weighted by Crippen LogP contribution is -2.51. The number of amides is 2. The summed E-state index contributed by atoms with van der Waals surface area (Å²) in [5.74, 6) is -0.0604. The molecule has 1 aromatic carbocycles. The van der Waals surface area contributed by atoms with Gasteiger partial charge in [-0.3, -0.25) is 14.5 Å². The van der Waals surface area contributed by atoms with E-state index >= 15 is 0 Å². The molecule has 12 heteroatoms. The van der Waals surface area contributed by atoms with Crippen molar-refractivity contribution in [1.29, 1.82) is 0 Å². The van der Waals surface area contributed by atoms with Crippen LogP contribution in [0.15, 0.2) is 36.7 Å². The van der Waals surface area contributed by atoms with Crippen molar-refractivity contribution in [2.45, 2.75) is 51.9 Å².